The van der Waals surface area contributed by atoms with Crippen molar-refractivity contribution in [3.63, 3.8) is 0 Å². The second kappa shape index (κ2) is 5.11. The molecule has 1 atom stereocenters. The third-order valence-electron chi connectivity index (χ3n) is 4.01. The van der Waals surface area contributed by atoms with Gasteiger partial charge >= 0.3 is 0 Å². The van der Waals surface area contributed by atoms with Crippen LogP contribution in [0.15, 0.2) is 12.3 Å². The first-order valence-electron chi connectivity index (χ1n) is 6.97. The predicted octanol–water partition coefficient (Wildman–Crippen LogP) is 1.77. The van der Waals surface area contributed by atoms with Gasteiger partial charge in [0.05, 0.1) is 11.3 Å². The third kappa shape index (κ3) is 2.21. The number of hydrogen-bond acceptors (Lipinski definition) is 3. The Morgan fingerprint density at radius 1 is 1.40 bits per heavy atom. The molecule has 2 aromatic heterocycles. The van der Waals surface area contributed by atoms with Gasteiger partial charge in [0, 0.05) is 36.6 Å². The van der Waals surface area contributed by atoms with E-state index in [0.29, 0.717) is 5.92 Å². The molecule has 6 heteroatoms. The first-order chi connectivity index (χ1) is 9.66. The molecule has 0 radical (unpaired) electrons. The summed E-state index contributed by atoms with van der Waals surface area (Å²) in [5.41, 5.74) is 3.45. The van der Waals surface area contributed by atoms with Gasteiger partial charge in [-0.3, -0.25) is 15.0 Å². The van der Waals surface area contributed by atoms with Gasteiger partial charge in [-0.25, -0.2) is 0 Å². The summed E-state index contributed by atoms with van der Waals surface area (Å²) >= 11 is 0. The number of piperidine rings is 1. The molecule has 0 aromatic carbocycles. The fourth-order valence-electron chi connectivity index (χ4n) is 2.93. The number of nitrogens with one attached hydrogen (secondary N) is 2. The van der Waals surface area contributed by atoms with Crippen LogP contribution in [0.25, 0.3) is 0 Å². The number of aromatic amines is 2. The van der Waals surface area contributed by atoms with Gasteiger partial charge in [-0.2, -0.15) is 10.2 Å². The van der Waals surface area contributed by atoms with Gasteiger partial charge in [0.2, 0.25) is 0 Å². The Morgan fingerprint density at radius 2 is 2.25 bits per heavy atom. The maximum Gasteiger partial charge on any atom is 0.257 e. The molecule has 1 fully saturated rings. The second-order valence-corrected chi connectivity index (χ2v) is 5.41. The molecule has 0 bridgehead atoms. The summed E-state index contributed by atoms with van der Waals surface area (Å²) in [6.07, 6.45) is 3.88. The number of carbonyl (C=O) groups excluding carboxylic acids is 1. The fraction of sp³-hybridized carbons (Fsp3) is 0.500. The molecule has 1 saturated heterocycles. The Kier molecular flexibility index (Phi) is 3.30. The molecular weight excluding hydrogens is 254 g/mol. The summed E-state index contributed by atoms with van der Waals surface area (Å²) in [4.78, 5) is 14.6. The highest BCUT2D eigenvalue weighted by molar-refractivity contribution is 5.96. The van der Waals surface area contributed by atoms with Gasteiger partial charge in [-0.15, -0.1) is 0 Å². The minimum Gasteiger partial charge on any atom is -0.338 e. The lowest BCUT2D eigenvalue weighted by molar-refractivity contribution is 0.0704. The van der Waals surface area contributed by atoms with Crippen molar-refractivity contribution in [2.24, 2.45) is 0 Å². The largest absolute Gasteiger partial charge is 0.338 e. The van der Waals surface area contributed by atoms with Crippen LogP contribution in [0.4, 0.5) is 0 Å². The van der Waals surface area contributed by atoms with E-state index in [4.69, 9.17) is 0 Å². The van der Waals surface area contributed by atoms with E-state index in [0.717, 1.165) is 48.6 Å². The molecule has 0 spiro atoms. The number of amides is 1. The number of hydrogen-bond donors (Lipinski definition) is 2. The molecule has 20 heavy (non-hydrogen) atoms. The fourth-order valence-corrected chi connectivity index (χ4v) is 2.93. The van der Waals surface area contributed by atoms with Crippen molar-refractivity contribution in [3.8, 4) is 0 Å². The summed E-state index contributed by atoms with van der Waals surface area (Å²) in [7, 11) is 0. The number of rotatable bonds is 2. The first kappa shape index (κ1) is 12.9. The Hall–Kier alpha value is -2.11. The van der Waals surface area contributed by atoms with Gasteiger partial charge < -0.3 is 4.90 Å². The molecule has 3 heterocycles. The van der Waals surface area contributed by atoms with Crippen LogP contribution >= 0.6 is 0 Å². The molecule has 1 unspecified atom stereocenters. The number of H-pyrrole nitrogens is 2. The van der Waals surface area contributed by atoms with Crippen LogP contribution < -0.4 is 0 Å². The van der Waals surface area contributed by atoms with Crippen molar-refractivity contribution < 1.29 is 4.79 Å². The molecular formula is C14H19N5O. The van der Waals surface area contributed by atoms with Crippen molar-refractivity contribution in [2.45, 2.75) is 32.6 Å². The van der Waals surface area contributed by atoms with Crippen LogP contribution in [-0.4, -0.2) is 44.3 Å². The predicted molar refractivity (Wildman–Crippen MR) is 74.5 cm³/mol. The number of carbonyl (C=O) groups is 1. The molecule has 1 aliphatic rings. The van der Waals surface area contributed by atoms with E-state index >= 15 is 0 Å². The standard InChI is InChI=1S/C14H19N5O/c1-9-13(10(2)17-16-9)14(20)19-7-3-4-11(8-19)12-5-6-15-18-12/h5-6,11H,3-4,7-8H2,1-2H3,(H,15,18)(H,16,17). The summed E-state index contributed by atoms with van der Waals surface area (Å²) in [5, 5.41) is 14.0. The first-order valence-corrected chi connectivity index (χ1v) is 6.97. The number of aryl methyl sites for hydroxylation is 2. The average molecular weight is 273 g/mol. The molecule has 1 aliphatic heterocycles. The minimum atomic E-state index is 0.0814. The molecule has 2 N–H and O–H groups in total. The van der Waals surface area contributed by atoms with Gasteiger partial charge in [0.25, 0.3) is 5.91 Å². The van der Waals surface area contributed by atoms with Gasteiger partial charge in [-0.05, 0) is 32.8 Å². The lowest BCUT2D eigenvalue weighted by atomic mass is 9.94. The molecule has 0 saturated carbocycles. The third-order valence-corrected chi connectivity index (χ3v) is 4.01. The van der Waals surface area contributed by atoms with Crippen molar-refractivity contribution in [1.29, 1.82) is 0 Å². The normalized spacial score (nSPS) is 19.3. The maximum absolute atomic E-state index is 12.7. The van der Waals surface area contributed by atoms with Gasteiger partial charge in [-0.1, -0.05) is 0 Å². The number of likely N-dealkylation sites (tertiary alicyclic amines) is 1. The monoisotopic (exact) mass is 273 g/mol. The van der Waals surface area contributed by atoms with Crippen LogP contribution in [0.3, 0.4) is 0 Å². The number of aromatic nitrogens is 4. The zero-order chi connectivity index (χ0) is 14.1. The van der Waals surface area contributed by atoms with E-state index in [1.807, 2.05) is 24.8 Å². The molecule has 3 rings (SSSR count). The van der Waals surface area contributed by atoms with Crippen LogP contribution in [-0.2, 0) is 0 Å². The Bertz CT molecular complexity index is 582. The van der Waals surface area contributed by atoms with E-state index in [9.17, 15) is 4.79 Å². The summed E-state index contributed by atoms with van der Waals surface area (Å²) < 4.78 is 0. The van der Waals surface area contributed by atoms with Crippen LogP contribution in [0.2, 0.25) is 0 Å². The molecule has 106 valence electrons. The Balaban J connectivity index is 1.79. The summed E-state index contributed by atoms with van der Waals surface area (Å²) in [6, 6.07) is 1.99. The highest BCUT2D eigenvalue weighted by atomic mass is 16.2. The lowest BCUT2D eigenvalue weighted by Crippen LogP contribution is -2.39. The highest BCUT2D eigenvalue weighted by Gasteiger charge is 2.28. The molecule has 2 aromatic rings. The molecule has 1 amide bonds. The maximum atomic E-state index is 12.7. The van der Waals surface area contributed by atoms with Crippen molar-refractivity contribution in [1.82, 2.24) is 25.3 Å². The van der Waals surface area contributed by atoms with Crippen molar-refractivity contribution in [3.05, 3.63) is 34.9 Å². The quantitative estimate of drug-likeness (QED) is 0.875. The van der Waals surface area contributed by atoms with E-state index in [2.05, 4.69) is 20.4 Å². The van der Waals surface area contributed by atoms with Crippen LogP contribution in [0, 0.1) is 13.8 Å². The summed E-state index contributed by atoms with van der Waals surface area (Å²) in [5.74, 6) is 0.431. The van der Waals surface area contributed by atoms with Crippen molar-refractivity contribution >= 4 is 5.91 Å². The summed E-state index contributed by atoms with van der Waals surface area (Å²) in [6.45, 7) is 5.31. The second-order valence-electron chi connectivity index (χ2n) is 5.41. The lowest BCUT2D eigenvalue weighted by Gasteiger charge is -2.32. The van der Waals surface area contributed by atoms with Crippen LogP contribution in [0.5, 0.6) is 0 Å². The minimum absolute atomic E-state index is 0.0814. The zero-order valence-electron chi connectivity index (χ0n) is 11.8. The average Bonchev–Trinajstić information content (AvgIpc) is 3.09. The molecule has 6 nitrogen and oxygen atoms in total. The van der Waals surface area contributed by atoms with E-state index in [1.54, 1.807) is 6.20 Å². The van der Waals surface area contributed by atoms with Gasteiger partial charge in [0.15, 0.2) is 0 Å². The molecule has 0 aliphatic carbocycles. The Labute approximate surface area is 117 Å². The van der Waals surface area contributed by atoms with Gasteiger partial charge in [0.1, 0.15) is 0 Å². The van der Waals surface area contributed by atoms with Crippen LogP contribution in [0.1, 0.15) is 46.2 Å². The van der Waals surface area contributed by atoms with E-state index < -0.39 is 0 Å². The number of nitrogens with zero attached hydrogens (tertiary/aromatic N) is 3. The highest BCUT2D eigenvalue weighted by Crippen LogP contribution is 2.26. The van der Waals surface area contributed by atoms with E-state index in [-0.39, 0.29) is 5.91 Å². The van der Waals surface area contributed by atoms with Crippen molar-refractivity contribution in [2.75, 3.05) is 13.1 Å². The topological polar surface area (TPSA) is 77.7 Å². The van der Waals surface area contributed by atoms with E-state index in [1.165, 1.54) is 0 Å². The zero-order valence-corrected chi connectivity index (χ0v) is 11.8. The Morgan fingerprint density at radius 3 is 2.90 bits per heavy atom. The smallest absolute Gasteiger partial charge is 0.257 e. The SMILES string of the molecule is Cc1n[nH]c(C)c1C(=O)N1CCCC(c2ccn[nH]2)C1.